The van der Waals surface area contributed by atoms with Gasteiger partial charge in [-0.15, -0.1) is 10.2 Å². The minimum atomic E-state index is -0.522. The molecule has 2 N–H and O–H groups in total. The molecule has 7 nitrogen and oxygen atoms in total. The van der Waals surface area contributed by atoms with Crippen molar-refractivity contribution in [3.63, 3.8) is 0 Å². The number of primary amides is 1. The second-order valence-corrected chi connectivity index (χ2v) is 7.26. The van der Waals surface area contributed by atoms with Crippen LogP contribution in [0.25, 0.3) is 5.65 Å². The zero-order valence-corrected chi connectivity index (χ0v) is 14.9. The summed E-state index contributed by atoms with van der Waals surface area (Å²) in [5.74, 6) is -0.470. The summed E-state index contributed by atoms with van der Waals surface area (Å²) in [6.07, 6.45) is 4.03. The van der Waals surface area contributed by atoms with Crippen LogP contribution in [0.3, 0.4) is 0 Å². The van der Waals surface area contributed by atoms with Crippen LogP contribution in [0.5, 0.6) is 0 Å². The molecule has 3 heterocycles. The number of nitrogens with two attached hydrogens (primary N) is 1. The molecule has 0 aromatic carbocycles. The summed E-state index contributed by atoms with van der Waals surface area (Å²) in [5.41, 5.74) is 5.87. The maximum absolute atomic E-state index is 12.5. The van der Waals surface area contributed by atoms with Gasteiger partial charge in [0, 0.05) is 12.7 Å². The molecule has 1 saturated heterocycles. The number of carbonyl (C=O) groups excluding carboxylic acids is 2. The van der Waals surface area contributed by atoms with Crippen molar-refractivity contribution in [2.75, 3.05) is 12.3 Å². The van der Waals surface area contributed by atoms with Crippen LogP contribution in [0.1, 0.15) is 19.3 Å². The van der Waals surface area contributed by atoms with E-state index in [4.69, 9.17) is 28.9 Å². The van der Waals surface area contributed by atoms with E-state index in [1.54, 1.807) is 21.6 Å². The standard InChI is InChI=1S/C14H15Cl2N5O2S/c15-8-5-9(16)13-18-19-14(21(13)6-8)24-7-11(22)20-4-2-1-3-10(20)12(17)23/h5-6,10H,1-4,7H2,(H2,17,23)/t10-/m1/s1. The third-order valence-electron chi connectivity index (χ3n) is 3.87. The first-order valence-corrected chi connectivity index (χ1v) is 9.13. The molecule has 2 aromatic heterocycles. The molecular weight excluding hydrogens is 373 g/mol. The molecule has 2 amide bonds. The number of nitrogens with zero attached hydrogens (tertiary/aromatic N) is 4. The smallest absolute Gasteiger partial charge is 0.240 e. The fourth-order valence-corrected chi connectivity index (χ4v) is 4.04. The summed E-state index contributed by atoms with van der Waals surface area (Å²) in [6.45, 7) is 0.547. The van der Waals surface area contributed by atoms with Gasteiger partial charge in [0.05, 0.1) is 15.8 Å². The molecule has 1 fully saturated rings. The highest BCUT2D eigenvalue weighted by Crippen LogP contribution is 2.26. The maximum Gasteiger partial charge on any atom is 0.240 e. The number of pyridine rings is 1. The van der Waals surface area contributed by atoms with Gasteiger partial charge < -0.3 is 10.6 Å². The van der Waals surface area contributed by atoms with Crippen LogP contribution < -0.4 is 5.73 Å². The quantitative estimate of drug-likeness (QED) is 0.809. The highest BCUT2D eigenvalue weighted by Gasteiger charge is 2.30. The molecule has 1 aliphatic heterocycles. The number of halogens is 2. The van der Waals surface area contributed by atoms with Gasteiger partial charge in [-0.1, -0.05) is 35.0 Å². The summed E-state index contributed by atoms with van der Waals surface area (Å²) < 4.78 is 1.64. The van der Waals surface area contributed by atoms with Gasteiger partial charge in [0.1, 0.15) is 6.04 Å². The number of hydrogen-bond acceptors (Lipinski definition) is 5. The molecule has 1 aliphatic rings. The van der Waals surface area contributed by atoms with Crippen molar-refractivity contribution in [2.45, 2.75) is 30.5 Å². The van der Waals surface area contributed by atoms with E-state index in [0.717, 1.165) is 12.8 Å². The summed E-state index contributed by atoms with van der Waals surface area (Å²) in [7, 11) is 0. The Morgan fingerprint density at radius 1 is 1.33 bits per heavy atom. The van der Waals surface area contributed by atoms with Gasteiger partial charge in [0.15, 0.2) is 10.8 Å². The Labute approximate surface area is 152 Å². The van der Waals surface area contributed by atoms with Gasteiger partial charge in [-0.2, -0.15) is 0 Å². The Bertz CT molecular complexity index is 797. The third-order valence-corrected chi connectivity index (χ3v) is 5.28. The lowest BCUT2D eigenvalue weighted by Gasteiger charge is -2.33. The summed E-state index contributed by atoms with van der Waals surface area (Å²) in [4.78, 5) is 25.5. The number of amides is 2. The minimum Gasteiger partial charge on any atom is -0.368 e. The topological polar surface area (TPSA) is 93.6 Å². The molecule has 0 saturated carbocycles. The first-order chi connectivity index (χ1) is 11.5. The van der Waals surface area contributed by atoms with Crippen LogP contribution in [0.2, 0.25) is 10.0 Å². The predicted octanol–water partition coefficient (Wildman–Crippen LogP) is 1.99. The van der Waals surface area contributed by atoms with Gasteiger partial charge >= 0.3 is 0 Å². The predicted molar refractivity (Wildman–Crippen MR) is 92.3 cm³/mol. The number of fused-ring (bicyclic) bond motifs is 1. The molecule has 2 aromatic rings. The molecule has 1 atom stereocenters. The highest BCUT2D eigenvalue weighted by atomic mass is 35.5. The van der Waals surface area contributed by atoms with Crippen molar-refractivity contribution in [2.24, 2.45) is 5.73 Å². The second kappa shape index (κ2) is 7.16. The number of hydrogen-bond donors (Lipinski definition) is 1. The van der Waals surface area contributed by atoms with Crippen molar-refractivity contribution >= 4 is 52.4 Å². The lowest BCUT2D eigenvalue weighted by Crippen LogP contribution is -2.51. The van der Waals surface area contributed by atoms with Crippen molar-refractivity contribution in [1.82, 2.24) is 19.5 Å². The van der Waals surface area contributed by atoms with E-state index in [1.807, 2.05) is 0 Å². The fraction of sp³-hybridized carbons (Fsp3) is 0.429. The molecule has 0 radical (unpaired) electrons. The Morgan fingerprint density at radius 2 is 2.12 bits per heavy atom. The Hall–Kier alpha value is -1.51. The number of thioether (sulfide) groups is 1. The normalized spacial score (nSPS) is 18.1. The molecular formula is C14H15Cl2N5O2S. The molecule has 0 unspecified atom stereocenters. The van der Waals surface area contributed by atoms with Crippen molar-refractivity contribution < 1.29 is 9.59 Å². The van der Waals surface area contributed by atoms with E-state index in [9.17, 15) is 9.59 Å². The lowest BCUT2D eigenvalue weighted by molar-refractivity contribution is -0.138. The maximum atomic E-state index is 12.5. The highest BCUT2D eigenvalue weighted by molar-refractivity contribution is 7.99. The van der Waals surface area contributed by atoms with Gasteiger partial charge in [-0.3, -0.25) is 14.0 Å². The van der Waals surface area contributed by atoms with Crippen LogP contribution in [0, 0.1) is 0 Å². The first kappa shape index (κ1) is 17.3. The number of piperidine rings is 1. The summed E-state index contributed by atoms with van der Waals surface area (Å²) in [6, 6.07) is 1.06. The third kappa shape index (κ3) is 3.45. The van der Waals surface area contributed by atoms with Crippen molar-refractivity contribution in [3.8, 4) is 0 Å². The van der Waals surface area contributed by atoms with Crippen LogP contribution in [-0.4, -0.2) is 49.7 Å². The van der Waals surface area contributed by atoms with Crippen LogP contribution in [0.4, 0.5) is 0 Å². The first-order valence-electron chi connectivity index (χ1n) is 7.38. The van der Waals surface area contributed by atoms with Crippen molar-refractivity contribution in [1.29, 1.82) is 0 Å². The molecule has 128 valence electrons. The van der Waals surface area contributed by atoms with Gasteiger partial charge in [0.2, 0.25) is 11.8 Å². The molecule has 24 heavy (non-hydrogen) atoms. The summed E-state index contributed by atoms with van der Waals surface area (Å²) >= 11 is 13.3. The largest absolute Gasteiger partial charge is 0.368 e. The second-order valence-electron chi connectivity index (χ2n) is 5.47. The Kier molecular flexibility index (Phi) is 5.17. The molecule has 3 rings (SSSR count). The fourth-order valence-electron chi connectivity index (χ4n) is 2.74. The molecule has 0 aliphatic carbocycles. The average molecular weight is 388 g/mol. The number of carbonyl (C=O) groups is 2. The van der Waals surface area contributed by atoms with Crippen LogP contribution in [-0.2, 0) is 9.59 Å². The van der Waals surface area contributed by atoms with Gasteiger partial charge in [-0.25, -0.2) is 0 Å². The Balaban J connectivity index is 1.73. The van der Waals surface area contributed by atoms with Crippen LogP contribution in [0.15, 0.2) is 17.4 Å². The average Bonchev–Trinajstić information content (AvgIpc) is 2.95. The van der Waals surface area contributed by atoms with E-state index < -0.39 is 11.9 Å². The van der Waals surface area contributed by atoms with Gasteiger partial charge in [-0.05, 0) is 25.3 Å². The van der Waals surface area contributed by atoms with E-state index in [-0.39, 0.29) is 11.7 Å². The number of aromatic nitrogens is 3. The van der Waals surface area contributed by atoms with Crippen LogP contribution >= 0.6 is 35.0 Å². The summed E-state index contributed by atoms with van der Waals surface area (Å²) in [5, 5.41) is 9.38. The number of likely N-dealkylation sites (tertiary alicyclic amines) is 1. The zero-order chi connectivity index (χ0) is 17.3. The lowest BCUT2D eigenvalue weighted by atomic mass is 10.0. The van der Waals surface area contributed by atoms with Crippen molar-refractivity contribution in [3.05, 3.63) is 22.3 Å². The van der Waals surface area contributed by atoms with E-state index >= 15 is 0 Å². The molecule has 0 spiro atoms. The van der Waals surface area contributed by atoms with E-state index in [1.165, 1.54) is 11.8 Å². The molecule has 10 heteroatoms. The zero-order valence-electron chi connectivity index (χ0n) is 12.6. The van der Waals surface area contributed by atoms with Gasteiger partial charge in [0.25, 0.3) is 0 Å². The Morgan fingerprint density at radius 3 is 2.88 bits per heavy atom. The minimum absolute atomic E-state index is 0.134. The van der Waals surface area contributed by atoms with E-state index in [0.29, 0.717) is 33.8 Å². The molecule has 0 bridgehead atoms. The SMILES string of the molecule is NC(=O)[C@H]1CCCCN1C(=O)CSc1nnc2c(Cl)cc(Cl)cn12. The monoisotopic (exact) mass is 387 g/mol. The number of rotatable bonds is 4. The van der Waals surface area contributed by atoms with E-state index in [2.05, 4.69) is 10.2 Å².